The molecule has 0 unspecified atom stereocenters. The van der Waals surface area contributed by atoms with Crippen LogP contribution in [0.1, 0.15) is 25.7 Å². The molecular weight excluding hydrogens is 304 g/mol. The van der Waals surface area contributed by atoms with E-state index in [2.05, 4.69) is 9.46 Å². The van der Waals surface area contributed by atoms with Gasteiger partial charge in [0.2, 0.25) is 10.0 Å². The first kappa shape index (κ1) is 17.5. The quantitative estimate of drug-likeness (QED) is 0.587. The number of nitrogens with one attached hydrogen (secondary N) is 1. The van der Waals surface area contributed by atoms with E-state index in [0.29, 0.717) is 25.3 Å². The molecule has 1 N–H and O–H groups in total. The molecule has 21 heavy (non-hydrogen) atoms. The summed E-state index contributed by atoms with van der Waals surface area (Å²) in [5.74, 6) is -2.29. The summed E-state index contributed by atoms with van der Waals surface area (Å²) >= 11 is 0. The van der Waals surface area contributed by atoms with Crippen LogP contribution in [0, 0.1) is 11.6 Å². The molecule has 1 rings (SSSR count). The molecule has 0 saturated carbocycles. The molecule has 1 aromatic rings. The average Bonchev–Trinajstić information content (AvgIpc) is 2.41. The smallest absolute Gasteiger partial charge is 0.305 e. The Balaban J connectivity index is 2.42. The Morgan fingerprint density at radius 3 is 2.57 bits per heavy atom. The van der Waals surface area contributed by atoms with Gasteiger partial charge in [-0.2, -0.15) is 0 Å². The van der Waals surface area contributed by atoms with E-state index in [1.54, 1.807) is 0 Å². The number of methoxy groups -OCH3 is 1. The Morgan fingerprint density at radius 2 is 1.95 bits per heavy atom. The van der Waals surface area contributed by atoms with Crippen molar-refractivity contribution in [1.29, 1.82) is 0 Å². The average molecular weight is 321 g/mol. The summed E-state index contributed by atoms with van der Waals surface area (Å²) in [6.07, 6.45) is 1.98. The van der Waals surface area contributed by atoms with Gasteiger partial charge in [-0.15, -0.1) is 0 Å². The highest BCUT2D eigenvalue weighted by atomic mass is 32.2. The van der Waals surface area contributed by atoms with E-state index in [-0.39, 0.29) is 18.9 Å². The zero-order valence-corrected chi connectivity index (χ0v) is 12.4. The molecule has 0 amide bonds. The number of esters is 1. The van der Waals surface area contributed by atoms with Gasteiger partial charge in [0.05, 0.1) is 7.11 Å². The van der Waals surface area contributed by atoms with Crippen LogP contribution in [0.2, 0.25) is 0 Å². The standard InChI is InChI=1S/C13H17F2NO4S/c1-20-13(17)5-3-2-4-8-16-21(18,19)12-7-6-10(14)9-11(12)15/h6-7,9,16H,2-5,8H2,1H3. The van der Waals surface area contributed by atoms with Gasteiger partial charge in [-0.05, 0) is 25.0 Å². The fourth-order valence-electron chi connectivity index (χ4n) is 1.65. The normalized spacial score (nSPS) is 11.4. The summed E-state index contributed by atoms with van der Waals surface area (Å²) in [6, 6.07) is 2.28. The van der Waals surface area contributed by atoms with Crippen molar-refractivity contribution in [2.45, 2.75) is 30.6 Å². The van der Waals surface area contributed by atoms with Crippen LogP contribution in [0.25, 0.3) is 0 Å². The lowest BCUT2D eigenvalue weighted by Gasteiger charge is -2.07. The van der Waals surface area contributed by atoms with E-state index in [9.17, 15) is 22.0 Å². The van der Waals surface area contributed by atoms with Crippen molar-refractivity contribution in [3.63, 3.8) is 0 Å². The number of benzene rings is 1. The minimum absolute atomic E-state index is 0.111. The number of halogens is 2. The van der Waals surface area contributed by atoms with Crippen LogP contribution < -0.4 is 4.72 Å². The molecule has 0 saturated heterocycles. The van der Waals surface area contributed by atoms with E-state index in [4.69, 9.17) is 0 Å². The Bertz CT molecular complexity index is 590. The van der Waals surface area contributed by atoms with Crippen molar-refractivity contribution in [2.24, 2.45) is 0 Å². The van der Waals surface area contributed by atoms with Crippen LogP contribution in [-0.2, 0) is 19.6 Å². The highest BCUT2D eigenvalue weighted by Gasteiger charge is 2.18. The molecule has 0 fully saturated rings. The van der Waals surface area contributed by atoms with Gasteiger partial charge in [-0.3, -0.25) is 4.79 Å². The van der Waals surface area contributed by atoms with Gasteiger partial charge in [-0.1, -0.05) is 6.42 Å². The molecule has 0 atom stereocenters. The third-order valence-electron chi connectivity index (χ3n) is 2.76. The lowest BCUT2D eigenvalue weighted by atomic mass is 10.2. The van der Waals surface area contributed by atoms with Crippen LogP contribution in [0.15, 0.2) is 23.1 Å². The Labute approximate surface area is 122 Å². The zero-order chi connectivity index (χ0) is 15.9. The van der Waals surface area contributed by atoms with Gasteiger partial charge in [0.15, 0.2) is 0 Å². The molecule has 0 heterocycles. The maximum atomic E-state index is 13.4. The minimum atomic E-state index is -4.00. The molecule has 1 aromatic carbocycles. The predicted molar refractivity (Wildman–Crippen MR) is 72.0 cm³/mol. The number of rotatable bonds is 8. The fraction of sp³-hybridized carbons (Fsp3) is 0.462. The summed E-state index contributed by atoms with van der Waals surface area (Å²) in [5.41, 5.74) is 0. The van der Waals surface area contributed by atoms with Gasteiger partial charge in [-0.25, -0.2) is 21.9 Å². The minimum Gasteiger partial charge on any atom is -0.469 e. The molecule has 0 radical (unpaired) electrons. The van der Waals surface area contributed by atoms with E-state index in [1.807, 2.05) is 0 Å². The summed E-state index contributed by atoms with van der Waals surface area (Å²) in [6.45, 7) is 0.111. The summed E-state index contributed by atoms with van der Waals surface area (Å²) in [5, 5.41) is 0. The third-order valence-corrected chi connectivity index (χ3v) is 4.26. The number of ether oxygens (including phenoxy) is 1. The van der Waals surface area contributed by atoms with Crippen LogP contribution in [0.5, 0.6) is 0 Å². The second kappa shape index (κ2) is 8.04. The molecular formula is C13H17F2NO4S. The predicted octanol–water partition coefficient (Wildman–Crippen LogP) is 1.98. The Hall–Kier alpha value is -1.54. The number of unbranched alkanes of at least 4 members (excludes halogenated alkanes) is 2. The van der Waals surface area contributed by atoms with Crippen molar-refractivity contribution in [2.75, 3.05) is 13.7 Å². The van der Waals surface area contributed by atoms with Gasteiger partial charge in [0, 0.05) is 19.0 Å². The maximum Gasteiger partial charge on any atom is 0.305 e. The molecule has 5 nitrogen and oxygen atoms in total. The van der Waals surface area contributed by atoms with Crippen LogP contribution in [0.4, 0.5) is 8.78 Å². The van der Waals surface area contributed by atoms with Crippen LogP contribution in [-0.4, -0.2) is 28.0 Å². The molecule has 0 aliphatic carbocycles. The zero-order valence-electron chi connectivity index (χ0n) is 11.6. The molecule has 8 heteroatoms. The molecule has 0 aliphatic heterocycles. The highest BCUT2D eigenvalue weighted by Crippen LogP contribution is 2.15. The summed E-state index contributed by atoms with van der Waals surface area (Å²) in [7, 11) is -2.70. The summed E-state index contributed by atoms with van der Waals surface area (Å²) in [4.78, 5) is 10.3. The van der Waals surface area contributed by atoms with Gasteiger partial charge in [0.25, 0.3) is 0 Å². The first-order chi connectivity index (χ1) is 9.86. The van der Waals surface area contributed by atoms with E-state index in [1.165, 1.54) is 7.11 Å². The van der Waals surface area contributed by atoms with Crippen molar-refractivity contribution >= 4 is 16.0 Å². The second-order valence-electron chi connectivity index (χ2n) is 4.36. The fourth-order valence-corrected chi connectivity index (χ4v) is 2.78. The maximum absolute atomic E-state index is 13.4. The number of sulfonamides is 1. The van der Waals surface area contributed by atoms with Crippen molar-refractivity contribution in [1.82, 2.24) is 4.72 Å². The Morgan fingerprint density at radius 1 is 1.24 bits per heavy atom. The number of hydrogen-bond acceptors (Lipinski definition) is 4. The van der Waals surface area contributed by atoms with E-state index < -0.39 is 26.6 Å². The van der Waals surface area contributed by atoms with Gasteiger partial charge in [0.1, 0.15) is 16.5 Å². The first-order valence-electron chi connectivity index (χ1n) is 6.38. The van der Waals surface area contributed by atoms with E-state index in [0.717, 1.165) is 12.1 Å². The molecule has 0 aliphatic rings. The number of hydrogen-bond donors (Lipinski definition) is 1. The lowest BCUT2D eigenvalue weighted by molar-refractivity contribution is -0.140. The SMILES string of the molecule is COC(=O)CCCCCNS(=O)(=O)c1ccc(F)cc1F. The first-order valence-corrected chi connectivity index (χ1v) is 7.86. The number of carbonyl (C=O) groups excluding carboxylic acids is 1. The third kappa shape index (κ3) is 5.76. The molecule has 118 valence electrons. The van der Waals surface area contributed by atoms with Crippen LogP contribution >= 0.6 is 0 Å². The van der Waals surface area contributed by atoms with Gasteiger partial charge < -0.3 is 4.74 Å². The van der Waals surface area contributed by atoms with Crippen molar-refractivity contribution < 1.29 is 26.7 Å². The van der Waals surface area contributed by atoms with Gasteiger partial charge >= 0.3 is 5.97 Å². The largest absolute Gasteiger partial charge is 0.469 e. The molecule has 0 bridgehead atoms. The lowest BCUT2D eigenvalue weighted by Crippen LogP contribution is -2.25. The van der Waals surface area contributed by atoms with Crippen LogP contribution in [0.3, 0.4) is 0 Å². The number of carbonyl (C=O) groups is 1. The summed E-state index contributed by atoms with van der Waals surface area (Å²) < 4.78 is 56.4. The van der Waals surface area contributed by atoms with E-state index >= 15 is 0 Å². The second-order valence-corrected chi connectivity index (χ2v) is 6.09. The monoisotopic (exact) mass is 321 g/mol. The molecule has 0 spiro atoms. The molecule has 0 aromatic heterocycles. The van der Waals surface area contributed by atoms with Crippen molar-refractivity contribution in [3.05, 3.63) is 29.8 Å². The van der Waals surface area contributed by atoms with Crippen molar-refractivity contribution in [3.8, 4) is 0 Å². The Kier molecular flexibility index (Phi) is 6.70. The topological polar surface area (TPSA) is 72.5 Å². The highest BCUT2D eigenvalue weighted by molar-refractivity contribution is 7.89.